The number of ketones is 1. The number of rotatable bonds is 4. The SMILES string of the molecule is CCCC(=O)CC1(N)CCCC1. The third-order valence-corrected chi connectivity index (χ3v) is 2.68. The van der Waals surface area contributed by atoms with Gasteiger partial charge in [0.25, 0.3) is 0 Å². The van der Waals surface area contributed by atoms with Crippen molar-refractivity contribution in [2.24, 2.45) is 5.73 Å². The summed E-state index contributed by atoms with van der Waals surface area (Å²) < 4.78 is 0. The lowest BCUT2D eigenvalue weighted by molar-refractivity contribution is -0.120. The Balaban J connectivity index is 2.33. The van der Waals surface area contributed by atoms with Crippen LogP contribution in [0.25, 0.3) is 0 Å². The van der Waals surface area contributed by atoms with Crippen LogP contribution in [0.3, 0.4) is 0 Å². The summed E-state index contributed by atoms with van der Waals surface area (Å²) in [5.74, 6) is 0.349. The molecule has 0 bridgehead atoms. The van der Waals surface area contributed by atoms with Crippen LogP contribution in [0.2, 0.25) is 0 Å². The first-order valence-electron chi connectivity index (χ1n) is 4.97. The Morgan fingerprint density at radius 1 is 1.42 bits per heavy atom. The van der Waals surface area contributed by atoms with Gasteiger partial charge in [-0.15, -0.1) is 0 Å². The monoisotopic (exact) mass is 169 g/mol. The molecule has 1 saturated carbocycles. The van der Waals surface area contributed by atoms with E-state index in [1.807, 2.05) is 6.92 Å². The Kier molecular flexibility index (Phi) is 3.27. The molecule has 0 aliphatic heterocycles. The van der Waals surface area contributed by atoms with Crippen LogP contribution in [0, 0.1) is 0 Å². The molecule has 1 aliphatic carbocycles. The van der Waals surface area contributed by atoms with Crippen LogP contribution < -0.4 is 5.73 Å². The highest BCUT2D eigenvalue weighted by Gasteiger charge is 2.30. The van der Waals surface area contributed by atoms with Gasteiger partial charge in [-0.1, -0.05) is 19.8 Å². The van der Waals surface area contributed by atoms with Gasteiger partial charge in [-0.3, -0.25) is 4.79 Å². The molecule has 0 heterocycles. The van der Waals surface area contributed by atoms with E-state index in [-0.39, 0.29) is 5.54 Å². The lowest BCUT2D eigenvalue weighted by Crippen LogP contribution is -2.38. The Labute approximate surface area is 74.5 Å². The molecule has 0 unspecified atom stereocenters. The molecule has 2 nitrogen and oxygen atoms in total. The first-order chi connectivity index (χ1) is 5.66. The zero-order chi connectivity index (χ0) is 9.03. The molecule has 12 heavy (non-hydrogen) atoms. The van der Waals surface area contributed by atoms with E-state index in [9.17, 15) is 4.79 Å². The number of hydrogen-bond acceptors (Lipinski definition) is 2. The van der Waals surface area contributed by atoms with E-state index in [0.717, 1.165) is 19.3 Å². The zero-order valence-electron chi connectivity index (χ0n) is 7.94. The highest BCUT2D eigenvalue weighted by Crippen LogP contribution is 2.30. The van der Waals surface area contributed by atoms with E-state index in [1.54, 1.807) is 0 Å². The molecule has 0 amide bonds. The number of hydrogen-bond donors (Lipinski definition) is 1. The van der Waals surface area contributed by atoms with Gasteiger partial charge in [-0.2, -0.15) is 0 Å². The van der Waals surface area contributed by atoms with Crippen LogP contribution in [0.1, 0.15) is 51.9 Å². The summed E-state index contributed by atoms with van der Waals surface area (Å²) in [6.45, 7) is 2.04. The molecule has 0 aromatic carbocycles. The second kappa shape index (κ2) is 4.04. The summed E-state index contributed by atoms with van der Waals surface area (Å²) in [4.78, 5) is 11.3. The molecule has 0 atom stereocenters. The molecule has 0 radical (unpaired) electrons. The van der Waals surface area contributed by atoms with Crippen LogP contribution in [-0.4, -0.2) is 11.3 Å². The number of carbonyl (C=O) groups is 1. The van der Waals surface area contributed by atoms with Gasteiger partial charge in [0.05, 0.1) is 0 Å². The minimum absolute atomic E-state index is 0.133. The number of nitrogens with two attached hydrogens (primary N) is 1. The van der Waals surface area contributed by atoms with E-state index in [2.05, 4.69) is 0 Å². The van der Waals surface area contributed by atoms with E-state index >= 15 is 0 Å². The van der Waals surface area contributed by atoms with Crippen molar-refractivity contribution >= 4 is 5.78 Å². The van der Waals surface area contributed by atoms with Crippen molar-refractivity contribution in [3.8, 4) is 0 Å². The molecule has 0 aromatic heterocycles. The Morgan fingerprint density at radius 2 is 2.00 bits per heavy atom. The van der Waals surface area contributed by atoms with Gasteiger partial charge in [0.2, 0.25) is 0 Å². The Hall–Kier alpha value is -0.370. The molecule has 1 fully saturated rings. The van der Waals surface area contributed by atoms with Gasteiger partial charge < -0.3 is 5.73 Å². The maximum Gasteiger partial charge on any atom is 0.134 e. The lowest BCUT2D eigenvalue weighted by Gasteiger charge is -2.22. The predicted molar refractivity (Wildman–Crippen MR) is 49.9 cm³/mol. The standard InChI is InChI=1S/C10H19NO/c1-2-5-9(12)8-10(11)6-3-4-7-10/h2-8,11H2,1H3. The second-order valence-corrected chi connectivity index (χ2v) is 4.03. The molecule has 0 spiro atoms. The maximum absolute atomic E-state index is 11.3. The maximum atomic E-state index is 11.3. The van der Waals surface area contributed by atoms with Crippen molar-refractivity contribution in [3.05, 3.63) is 0 Å². The molecule has 2 heteroatoms. The fraction of sp³-hybridized carbons (Fsp3) is 0.900. The van der Waals surface area contributed by atoms with Crippen LogP contribution >= 0.6 is 0 Å². The summed E-state index contributed by atoms with van der Waals surface area (Å²) >= 11 is 0. The molecule has 1 aliphatic rings. The van der Waals surface area contributed by atoms with E-state index in [1.165, 1.54) is 12.8 Å². The smallest absolute Gasteiger partial charge is 0.134 e. The highest BCUT2D eigenvalue weighted by atomic mass is 16.1. The van der Waals surface area contributed by atoms with Crippen LogP contribution in [0.5, 0.6) is 0 Å². The normalized spacial score (nSPS) is 21.2. The van der Waals surface area contributed by atoms with Crippen molar-refractivity contribution in [2.75, 3.05) is 0 Å². The highest BCUT2D eigenvalue weighted by molar-refractivity contribution is 5.79. The van der Waals surface area contributed by atoms with Crippen molar-refractivity contribution in [1.29, 1.82) is 0 Å². The van der Waals surface area contributed by atoms with Crippen molar-refractivity contribution in [2.45, 2.75) is 57.4 Å². The minimum atomic E-state index is -0.133. The third-order valence-electron chi connectivity index (χ3n) is 2.68. The Bertz CT molecular complexity index is 159. The number of carbonyl (C=O) groups excluding carboxylic acids is 1. The summed E-state index contributed by atoms with van der Waals surface area (Å²) in [6.07, 6.45) is 6.77. The van der Waals surface area contributed by atoms with E-state index in [4.69, 9.17) is 5.73 Å². The van der Waals surface area contributed by atoms with Crippen molar-refractivity contribution < 1.29 is 4.79 Å². The van der Waals surface area contributed by atoms with Crippen molar-refractivity contribution in [3.63, 3.8) is 0 Å². The average Bonchev–Trinajstić information content (AvgIpc) is 2.36. The van der Waals surface area contributed by atoms with Crippen LogP contribution in [0.4, 0.5) is 0 Å². The molecular formula is C10H19NO. The molecule has 1 rings (SSSR count). The van der Waals surface area contributed by atoms with Gasteiger partial charge in [0.15, 0.2) is 0 Å². The first kappa shape index (κ1) is 9.72. The van der Waals surface area contributed by atoms with Gasteiger partial charge in [0, 0.05) is 18.4 Å². The summed E-state index contributed by atoms with van der Waals surface area (Å²) in [6, 6.07) is 0. The molecule has 2 N–H and O–H groups in total. The van der Waals surface area contributed by atoms with E-state index in [0.29, 0.717) is 18.6 Å². The molecule has 0 aromatic rings. The average molecular weight is 169 g/mol. The van der Waals surface area contributed by atoms with Gasteiger partial charge in [-0.05, 0) is 19.3 Å². The van der Waals surface area contributed by atoms with Gasteiger partial charge in [0.1, 0.15) is 5.78 Å². The van der Waals surface area contributed by atoms with Crippen LogP contribution in [0.15, 0.2) is 0 Å². The topological polar surface area (TPSA) is 43.1 Å². The quantitative estimate of drug-likeness (QED) is 0.699. The summed E-state index contributed by atoms with van der Waals surface area (Å²) in [7, 11) is 0. The molecular weight excluding hydrogens is 150 g/mol. The number of Topliss-reactive ketones (excluding diaryl/α,β-unsaturated/α-hetero) is 1. The zero-order valence-corrected chi connectivity index (χ0v) is 7.94. The lowest BCUT2D eigenvalue weighted by atomic mass is 9.91. The minimum Gasteiger partial charge on any atom is -0.325 e. The van der Waals surface area contributed by atoms with Crippen LogP contribution in [-0.2, 0) is 4.79 Å². The third kappa shape index (κ3) is 2.59. The largest absolute Gasteiger partial charge is 0.325 e. The molecule has 70 valence electrons. The van der Waals surface area contributed by atoms with Gasteiger partial charge in [-0.25, -0.2) is 0 Å². The summed E-state index contributed by atoms with van der Waals surface area (Å²) in [5.41, 5.74) is 5.94. The summed E-state index contributed by atoms with van der Waals surface area (Å²) in [5, 5.41) is 0. The van der Waals surface area contributed by atoms with Crippen molar-refractivity contribution in [1.82, 2.24) is 0 Å². The fourth-order valence-electron chi connectivity index (χ4n) is 2.02. The van der Waals surface area contributed by atoms with E-state index < -0.39 is 0 Å². The predicted octanol–water partition coefficient (Wildman–Crippen LogP) is 2.02. The van der Waals surface area contributed by atoms with Gasteiger partial charge >= 0.3 is 0 Å². The fourth-order valence-corrected chi connectivity index (χ4v) is 2.02. The second-order valence-electron chi connectivity index (χ2n) is 4.03. The Morgan fingerprint density at radius 3 is 2.50 bits per heavy atom. The molecule has 0 saturated heterocycles. The first-order valence-corrected chi connectivity index (χ1v) is 4.97.